The van der Waals surface area contributed by atoms with Gasteiger partial charge < -0.3 is 5.11 Å². The Bertz CT molecular complexity index is 860. The van der Waals surface area contributed by atoms with E-state index in [1.807, 2.05) is 0 Å². The first kappa shape index (κ1) is 20.4. The third-order valence-corrected chi connectivity index (χ3v) is 5.57. The van der Waals surface area contributed by atoms with Gasteiger partial charge in [-0.3, -0.25) is 0 Å². The van der Waals surface area contributed by atoms with E-state index in [0.717, 1.165) is 38.5 Å². The zero-order valence-electron chi connectivity index (χ0n) is 17.2. The quantitative estimate of drug-likeness (QED) is 0.407. The average Bonchev–Trinajstić information content (AvgIpc) is 2.77. The molecular weight excluding hydrogens is 340 g/mol. The van der Waals surface area contributed by atoms with Crippen LogP contribution in [0.15, 0.2) is 66.7 Å². The van der Waals surface area contributed by atoms with Gasteiger partial charge in [0, 0.05) is 6.61 Å². The molecule has 0 aliphatic heterocycles. The molecule has 1 N–H and O–H groups in total. The van der Waals surface area contributed by atoms with Crippen molar-refractivity contribution in [3.63, 3.8) is 0 Å². The average molecular weight is 373 g/mol. The number of rotatable bonds is 9. The van der Waals surface area contributed by atoms with Gasteiger partial charge in [0.05, 0.1) is 0 Å². The molecule has 0 heterocycles. The van der Waals surface area contributed by atoms with Gasteiger partial charge in [0.25, 0.3) is 0 Å². The van der Waals surface area contributed by atoms with E-state index in [4.69, 9.17) is 5.11 Å². The van der Waals surface area contributed by atoms with Crippen molar-refractivity contribution in [2.24, 2.45) is 0 Å². The molecule has 0 radical (unpaired) electrons. The smallest absolute Gasteiger partial charge is 0.0431 e. The molecule has 0 atom stereocenters. The number of hydrogen-bond donors (Lipinski definition) is 1. The first-order valence-corrected chi connectivity index (χ1v) is 10.7. The number of aliphatic hydroxyl groups excluding tert-OH is 1. The highest BCUT2D eigenvalue weighted by atomic mass is 16.2. The van der Waals surface area contributed by atoms with Gasteiger partial charge in [-0.15, -0.1) is 0 Å². The lowest BCUT2D eigenvalue weighted by molar-refractivity contribution is 0.283. The van der Waals surface area contributed by atoms with Crippen molar-refractivity contribution in [2.45, 2.75) is 52.4 Å². The zero-order chi connectivity index (χ0) is 19.8. The van der Waals surface area contributed by atoms with Crippen molar-refractivity contribution >= 4 is 0 Å². The molecule has 0 aliphatic rings. The molecule has 1 heteroatoms. The Kier molecular flexibility index (Phi) is 7.45. The van der Waals surface area contributed by atoms with Crippen molar-refractivity contribution < 1.29 is 5.11 Å². The summed E-state index contributed by atoms with van der Waals surface area (Å²) in [6.45, 7) is 4.73. The summed E-state index contributed by atoms with van der Waals surface area (Å²) in [7, 11) is 0. The SMILES string of the molecule is CCc1ccc(-c2ccc(-c3ccc(CCCCCO)cc3CC)cc2)cc1. The first-order chi connectivity index (χ1) is 13.7. The lowest BCUT2D eigenvalue weighted by Crippen LogP contribution is -1.93. The fourth-order valence-corrected chi connectivity index (χ4v) is 3.77. The van der Waals surface area contributed by atoms with Crippen LogP contribution in [0.25, 0.3) is 22.3 Å². The maximum Gasteiger partial charge on any atom is 0.0431 e. The molecule has 0 aliphatic carbocycles. The maximum absolute atomic E-state index is 8.92. The Morgan fingerprint density at radius 2 is 1.21 bits per heavy atom. The highest BCUT2D eigenvalue weighted by Crippen LogP contribution is 2.29. The molecule has 0 fully saturated rings. The minimum Gasteiger partial charge on any atom is -0.396 e. The van der Waals surface area contributed by atoms with Crippen LogP contribution in [-0.4, -0.2) is 11.7 Å². The number of benzene rings is 3. The third-order valence-electron chi connectivity index (χ3n) is 5.57. The molecular formula is C27H32O. The summed E-state index contributed by atoms with van der Waals surface area (Å²) < 4.78 is 0. The Labute approximate surface area is 170 Å². The van der Waals surface area contributed by atoms with E-state index in [1.54, 1.807) is 0 Å². The van der Waals surface area contributed by atoms with Crippen LogP contribution in [0.4, 0.5) is 0 Å². The molecule has 0 saturated carbocycles. The largest absolute Gasteiger partial charge is 0.396 e. The lowest BCUT2D eigenvalue weighted by atomic mass is 9.93. The molecule has 3 aromatic carbocycles. The molecule has 3 rings (SSSR count). The first-order valence-electron chi connectivity index (χ1n) is 10.7. The topological polar surface area (TPSA) is 20.2 Å². The standard InChI is InChI=1S/C27H32O/c1-3-21-9-12-24(13-10-21)25-14-16-26(17-15-25)27-18-11-22(20-23(27)4-2)8-6-5-7-19-28/h9-18,20,28H,3-8,19H2,1-2H3. The van der Waals surface area contributed by atoms with Crippen LogP contribution in [0.1, 0.15) is 49.8 Å². The van der Waals surface area contributed by atoms with Crippen LogP contribution < -0.4 is 0 Å². The summed E-state index contributed by atoms with van der Waals surface area (Å²) >= 11 is 0. The van der Waals surface area contributed by atoms with Gasteiger partial charge in [0.2, 0.25) is 0 Å². The number of aliphatic hydroxyl groups is 1. The summed E-state index contributed by atoms with van der Waals surface area (Å²) in [5.74, 6) is 0. The lowest BCUT2D eigenvalue weighted by Gasteiger charge is -2.12. The summed E-state index contributed by atoms with van der Waals surface area (Å²) in [5.41, 5.74) is 9.38. The van der Waals surface area contributed by atoms with Crippen LogP contribution in [-0.2, 0) is 19.3 Å². The van der Waals surface area contributed by atoms with Gasteiger partial charge in [-0.05, 0) is 71.0 Å². The number of hydrogen-bond acceptors (Lipinski definition) is 1. The molecule has 0 aromatic heterocycles. The van der Waals surface area contributed by atoms with E-state index < -0.39 is 0 Å². The fraction of sp³-hybridized carbons (Fsp3) is 0.333. The molecule has 146 valence electrons. The van der Waals surface area contributed by atoms with Crippen molar-refractivity contribution in [2.75, 3.05) is 6.61 Å². The predicted molar refractivity (Wildman–Crippen MR) is 121 cm³/mol. The highest BCUT2D eigenvalue weighted by molar-refractivity contribution is 5.72. The molecule has 3 aromatic rings. The van der Waals surface area contributed by atoms with Crippen molar-refractivity contribution in [1.82, 2.24) is 0 Å². The summed E-state index contributed by atoms with van der Waals surface area (Å²) in [6, 6.07) is 24.8. The molecule has 0 bridgehead atoms. The molecule has 0 amide bonds. The monoisotopic (exact) mass is 372 g/mol. The van der Waals surface area contributed by atoms with Crippen LogP contribution in [0.5, 0.6) is 0 Å². The second-order valence-corrected chi connectivity index (χ2v) is 7.51. The summed E-state index contributed by atoms with van der Waals surface area (Å²) in [6.07, 6.45) is 6.37. The Morgan fingerprint density at radius 3 is 1.82 bits per heavy atom. The van der Waals surface area contributed by atoms with Crippen LogP contribution in [0.2, 0.25) is 0 Å². The molecule has 0 saturated heterocycles. The summed E-state index contributed by atoms with van der Waals surface area (Å²) in [4.78, 5) is 0. The third kappa shape index (κ3) is 5.11. The Hall–Kier alpha value is -2.38. The minimum atomic E-state index is 0.303. The summed E-state index contributed by atoms with van der Waals surface area (Å²) in [5, 5.41) is 8.92. The Morgan fingerprint density at radius 1 is 0.607 bits per heavy atom. The number of unbranched alkanes of at least 4 members (excludes halogenated alkanes) is 2. The fourth-order valence-electron chi connectivity index (χ4n) is 3.77. The van der Waals surface area contributed by atoms with Gasteiger partial charge in [0.15, 0.2) is 0 Å². The second-order valence-electron chi connectivity index (χ2n) is 7.51. The van der Waals surface area contributed by atoms with E-state index in [1.165, 1.54) is 38.9 Å². The van der Waals surface area contributed by atoms with Gasteiger partial charge in [-0.25, -0.2) is 0 Å². The van der Waals surface area contributed by atoms with E-state index in [9.17, 15) is 0 Å². The Balaban J connectivity index is 1.76. The van der Waals surface area contributed by atoms with Crippen LogP contribution in [0, 0.1) is 0 Å². The maximum atomic E-state index is 8.92. The molecule has 1 nitrogen and oxygen atoms in total. The predicted octanol–water partition coefficient (Wildman–Crippen LogP) is 6.85. The molecule has 0 unspecified atom stereocenters. The van der Waals surface area contributed by atoms with Gasteiger partial charge >= 0.3 is 0 Å². The van der Waals surface area contributed by atoms with E-state index in [0.29, 0.717) is 6.61 Å². The van der Waals surface area contributed by atoms with Gasteiger partial charge in [-0.2, -0.15) is 0 Å². The van der Waals surface area contributed by atoms with Gasteiger partial charge in [0.1, 0.15) is 0 Å². The highest BCUT2D eigenvalue weighted by Gasteiger charge is 2.06. The van der Waals surface area contributed by atoms with E-state index >= 15 is 0 Å². The molecule has 28 heavy (non-hydrogen) atoms. The van der Waals surface area contributed by atoms with Crippen LogP contribution >= 0.6 is 0 Å². The van der Waals surface area contributed by atoms with Crippen molar-refractivity contribution in [3.05, 3.63) is 83.4 Å². The normalized spacial score (nSPS) is 11.0. The molecule has 0 spiro atoms. The second kappa shape index (κ2) is 10.2. The van der Waals surface area contributed by atoms with Crippen LogP contribution in [0.3, 0.4) is 0 Å². The van der Waals surface area contributed by atoms with Gasteiger partial charge in [-0.1, -0.05) is 87.0 Å². The zero-order valence-corrected chi connectivity index (χ0v) is 17.2. The van der Waals surface area contributed by atoms with Crippen molar-refractivity contribution in [1.29, 1.82) is 0 Å². The minimum absolute atomic E-state index is 0.303. The van der Waals surface area contributed by atoms with Crippen molar-refractivity contribution in [3.8, 4) is 22.3 Å². The number of aryl methyl sites for hydroxylation is 3. The van der Waals surface area contributed by atoms with E-state index in [-0.39, 0.29) is 0 Å². The van der Waals surface area contributed by atoms with E-state index in [2.05, 4.69) is 80.6 Å².